The van der Waals surface area contributed by atoms with E-state index in [2.05, 4.69) is 66.8 Å². The molecule has 15 heavy (non-hydrogen) atoms. The number of rotatable bonds is 3. The van der Waals surface area contributed by atoms with Crippen molar-refractivity contribution in [3.05, 3.63) is 11.8 Å². The van der Waals surface area contributed by atoms with Gasteiger partial charge in [0, 0.05) is 17.2 Å². The highest BCUT2D eigenvalue weighted by Crippen LogP contribution is 2.28. The first-order valence-corrected chi connectivity index (χ1v) is 6.06. The van der Waals surface area contributed by atoms with Gasteiger partial charge in [-0.1, -0.05) is 54.5 Å². The lowest BCUT2D eigenvalue weighted by Gasteiger charge is -2.36. The second-order valence-electron chi connectivity index (χ2n) is 6.42. The van der Waals surface area contributed by atoms with Crippen LogP contribution >= 0.6 is 0 Å². The zero-order chi connectivity index (χ0) is 12.3. The van der Waals surface area contributed by atoms with Crippen LogP contribution in [0.2, 0.25) is 0 Å². The van der Waals surface area contributed by atoms with E-state index in [1.807, 2.05) is 0 Å². The lowest BCUT2D eigenvalue weighted by molar-refractivity contribution is 0.260. The molecule has 0 aliphatic rings. The van der Waals surface area contributed by atoms with Crippen molar-refractivity contribution in [2.24, 2.45) is 10.8 Å². The highest BCUT2D eigenvalue weighted by molar-refractivity contribution is 5.09. The first kappa shape index (κ1) is 14.5. The largest absolute Gasteiger partial charge is 0.385 e. The smallest absolute Gasteiger partial charge is 0.0304 e. The summed E-state index contributed by atoms with van der Waals surface area (Å²) in [6, 6.07) is 0.544. The molecule has 0 aromatic carbocycles. The molecule has 0 aliphatic heterocycles. The van der Waals surface area contributed by atoms with Crippen LogP contribution in [0.4, 0.5) is 0 Å². The molecule has 0 fully saturated rings. The lowest BCUT2D eigenvalue weighted by atomic mass is 9.83. The van der Waals surface area contributed by atoms with Crippen LogP contribution in [0.1, 0.15) is 61.8 Å². The molecule has 1 atom stereocenters. The van der Waals surface area contributed by atoms with Gasteiger partial charge in [0.2, 0.25) is 0 Å². The van der Waals surface area contributed by atoms with Crippen LogP contribution in [0.5, 0.6) is 0 Å². The van der Waals surface area contributed by atoms with Gasteiger partial charge in [-0.2, -0.15) is 0 Å². The molecule has 0 aromatic rings. The van der Waals surface area contributed by atoms with Crippen molar-refractivity contribution in [2.45, 2.75) is 67.9 Å². The number of hydrogen-bond donors (Lipinski definition) is 1. The summed E-state index contributed by atoms with van der Waals surface area (Å²) in [5.74, 6) is 0. The van der Waals surface area contributed by atoms with Gasteiger partial charge < -0.3 is 5.32 Å². The van der Waals surface area contributed by atoms with E-state index in [-0.39, 0.29) is 5.41 Å². The fourth-order valence-electron chi connectivity index (χ4n) is 1.85. The first-order chi connectivity index (χ1) is 6.62. The first-order valence-electron chi connectivity index (χ1n) is 6.06. The van der Waals surface area contributed by atoms with Gasteiger partial charge in [-0.25, -0.2) is 0 Å². The molecular weight excluding hydrogens is 182 g/mol. The van der Waals surface area contributed by atoms with Crippen molar-refractivity contribution in [1.82, 2.24) is 5.32 Å². The van der Waals surface area contributed by atoms with E-state index in [1.165, 1.54) is 5.70 Å². The van der Waals surface area contributed by atoms with E-state index in [1.54, 1.807) is 0 Å². The summed E-state index contributed by atoms with van der Waals surface area (Å²) in [6.07, 6.45) is 3.37. The molecule has 0 rings (SSSR count). The third-order valence-electron chi connectivity index (χ3n) is 2.88. The Bertz CT molecular complexity index is 212. The van der Waals surface area contributed by atoms with Gasteiger partial charge in [-0.05, 0) is 18.8 Å². The molecule has 0 aliphatic carbocycles. The van der Waals surface area contributed by atoms with Gasteiger partial charge in [-0.3, -0.25) is 0 Å². The number of hydrogen-bond acceptors (Lipinski definition) is 1. The second kappa shape index (κ2) is 5.05. The minimum Gasteiger partial charge on any atom is -0.385 e. The monoisotopic (exact) mass is 211 g/mol. The SMILES string of the molecule is C/C=C(\NC(CC)C(C)(C)C)C(C)(C)C. The van der Waals surface area contributed by atoms with Gasteiger partial charge in [0.05, 0.1) is 0 Å². The Hall–Kier alpha value is -0.460. The molecule has 0 saturated heterocycles. The Morgan fingerprint density at radius 3 is 1.80 bits per heavy atom. The maximum Gasteiger partial charge on any atom is 0.0304 e. The molecule has 0 radical (unpaired) electrons. The summed E-state index contributed by atoms with van der Waals surface area (Å²) in [5.41, 5.74) is 1.88. The van der Waals surface area contributed by atoms with Gasteiger partial charge >= 0.3 is 0 Å². The van der Waals surface area contributed by atoms with E-state index >= 15 is 0 Å². The van der Waals surface area contributed by atoms with Crippen LogP contribution in [0.15, 0.2) is 11.8 Å². The highest BCUT2D eigenvalue weighted by atomic mass is 15.0. The van der Waals surface area contributed by atoms with E-state index in [9.17, 15) is 0 Å². The Morgan fingerprint density at radius 1 is 1.13 bits per heavy atom. The van der Waals surface area contributed by atoms with Crippen LogP contribution in [-0.4, -0.2) is 6.04 Å². The number of nitrogens with one attached hydrogen (secondary N) is 1. The molecule has 1 nitrogen and oxygen atoms in total. The van der Waals surface area contributed by atoms with Crippen LogP contribution in [0.25, 0.3) is 0 Å². The Kier molecular flexibility index (Phi) is 4.89. The molecule has 0 saturated carbocycles. The molecule has 1 heteroatoms. The fourth-order valence-corrected chi connectivity index (χ4v) is 1.85. The molecule has 0 bridgehead atoms. The average molecular weight is 211 g/mol. The Morgan fingerprint density at radius 2 is 1.60 bits per heavy atom. The topological polar surface area (TPSA) is 12.0 Å². The maximum atomic E-state index is 3.69. The molecular formula is C14H29N. The summed E-state index contributed by atoms with van der Waals surface area (Å²) in [7, 11) is 0. The summed E-state index contributed by atoms with van der Waals surface area (Å²) in [6.45, 7) is 18.0. The molecule has 1 N–H and O–H groups in total. The van der Waals surface area contributed by atoms with Crippen molar-refractivity contribution in [3.63, 3.8) is 0 Å². The maximum absolute atomic E-state index is 3.69. The van der Waals surface area contributed by atoms with Crippen LogP contribution in [0.3, 0.4) is 0 Å². The number of allylic oxidation sites excluding steroid dienone is 2. The fraction of sp³-hybridized carbons (Fsp3) is 0.857. The van der Waals surface area contributed by atoms with Crippen LogP contribution in [0, 0.1) is 10.8 Å². The normalized spacial score (nSPS) is 16.4. The molecule has 0 aromatic heterocycles. The van der Waals surface area contributed by atoms with E-state index in [4.69, 9.17) is 0 Å². The molecule has 90 valence electrons. The quantitative estimate of drug-likeness (QED) is 0.732. The van der Waals surface area contributed by atoms with Crippen LogP contribution < -0.4 is 5.32 Å². The minimum absolute atomic E-state index is 0.216. The summed E-state index contributed by atoms with van der Waals surface area (Å²) >= 11 is 0. The van der Waals surface area contributed by atoms with Crippen molar-refractivity contribution in [2.75, 3.05) is 0 Å². The van der Waals surface area contributed by atoms with E-state index in [0.717, 1.165) is 6.42 Å². The predicted octanol–water partition coefficient (Wildman–Crippen LogP) is 4.35. The van der Waals surface area contributed by atoms with Gasteiger partial charge in [0.1, 0.15) is 0 Å². The molecule has 0 spiro atoms. The zero-order valence-electron chi connectivity index (χ0n) is 11.9. The Balaban J connectivity index is 4.69. The minimum atomic E-state index is 0.216. The highest BCUT2D eigenvalue weighted by Gasteiger charge is 2.26. The predicted molar refractivity (Wildman–Crippen MR) is 69.9 cm³/mol. The summed E-state index contributed by atoms with van der Waals surface area (Å²) in [4.78, 5) is 0. The average Bonchev–Trinajstić information content (AvgIpc) is 2.01. The van der Waals surface area contributed by atoms with Gasteiger partial charge in [0.25, 0.3) is 0 Å². The molecule has 0 amide bonds. The van der Waals surface area contributed by atoms with Gasteiger partial charge in [-0.15, -0.1) is 0 Å². The third-order valence-corrected chi connectivity index (χ3v) is 2.88. The molecule has 1 unspecified atom stereocenters. The zero-order valence-corrected chi connectivity index (χ0v) is 11.9. The Labute approximate surface area is 96.3 Å². The van der Waals surface area contributed by atoms with Crippen molar-refractivity contribution < 1.29 is 0 Å². The van der Waals surface area contributed by atoms with Crippen molar-refractivity contribution in [3.8, 4) is 0 Å². The van der Waals surface area contributed by atoms with Gasteiger partial charge in [0.15, 0.2) is 0 Å². The summed E-state index contributed by atoms with van der Waals surface area (Å²) < 4.78 is 0. The van der Waals surface area contributed by atoms with Crippen molar-refractivity contribution >= 4 is 0 Å². The lowest BCUT2D eigenvalue weighted by Crippen LogP contribution is -2.41. The van der Waals surface area contributed by atoms with E-state index < -0.39 is 0 Å². The second-order valence-corrected chi connectivity index (χ2v) is 6.42. The summed E-state index contributed by atoms with van der Waals surface area (Å²) in [5, 5.41) is 3.69. The third kappa shape index (κ3) is 4.72. The molecule has 0 heterocycles. The van der Waals surface area contributed by atoms with E-state index in [0.29, 0.717) is 11.5 Å². The van der Waals surface area contributed by atoms with Crippen LogP contribution in [-0.2, 0) is 0 Å². The standard InChI is InChI=1S/C14H29N/c1-9-11(13(3,4)5)15-12(10-2)14(6,7)8/h9,12,15H,10H2,1-8H3/b11-9-. The van der Waals surface area contributed by atoms with Crippen molar-refractivity contribution in [1.29, 1.82) is 0 Å².